The number of aromatic amines is 1. The zero-order chi connectivity index (χ0) is 24.1. The molecule has 0 aliphatic carbocycles. The van der Waals surface area contributed by atoms with E-state index in [2.05, 4.69) is 25.9 Å². The normalized spacial score (nSPS) is 15.6. The minimum absolute atomic E-state index is 0.0867. The molecule has 2 heterocycles. The fourth-order valence-electron chi connectivity index (χ4n) is 3.28. The third-order valence-corrected chi connectivity index (χ3v) is 5.05. The summed E-state index contributed by atoms with van der Waals surface area (Å²) in [5, 5.41) is 25.8. The number of nitrogen functional groups attached to an aromatic ring is 1. The Morgan fingerprint density at radius 3 is 2.52 bits per heavy atom. The number of amides is 2. The number of carboxylic acids is 2. The van der Waals surface area contributed by atoms with Crippen molar-refractivity contribution in [2.45, 2.75) is 25.3 Å². The quantitative estimate of drug-likeness (QED) is 0.258. The van der Waals surface area contributed by atoms with Crippen LogP contribution < -0.4 is 27.2 Å². The van der Waals surface area contributed by atoms with Gasteiger partial charge in [-0.05, 0) is 37.1 Å². The summed E-state index contributed by atoms with van der Waals surface area (Å²) < 4.78 is 0. The Balaban J connectivity index is 1.59. The standard InChI is InChI=1S/C20H22N6O7/c21-20-25-15-12(18(31)26-20)7-10(17(30)24-15)8-22-11-3-1-9(2-4-11)16(29)23-13(19(32)33)5-6-14(27)28/h1-4,10,13,22H,5-8H2,(H,23,29)(H,27,28)(H,32,33)(H4,21,24,25,26,30,31). The van der Waals surface area contributed by atoms with Gasteiger partial charge in [-0.3, -0.25) is 24.2 Å². The Kier molecular flexibility index (Phi) is 6.91. The Labute approximate surface area is 186 Å². The highest BCUT2D eigenvalue weighted by Crippen LogP contribution is 2.22. The molecule has 13 nitrogen and oxygen atoms in total. The van der Waals surface area contributed by atoms with Crippen LogP contribution in [0.5, 0.6) is 0 Å². The van der Waals surface area contributed by atoms with Crippen molar-refractivity contribution >= 4 is 41.2 Å². The van der Waals surface area contributed by atoms with Gasteiger partial charge >= 0.3 is 11.9 Å². The number of benzene rings is 1. The van der Waals surface area contributed by atoms with Crippen LogP contribution in [0.4, 0.5) is 17.5 Å². The van der Waals surface area contributed by atoms with E-state index >= 15 is 0 Å². The molecule has 3 rings (SSSR count). The van der Waals surface area contributed by atoms with Crippen LogP contribution in [0.1, 0.15) is 28.8 Å². The van der Waals surface area contributed by atoms with Crippen molar-refractivity contribution in [2.24, 2.45) is 5.92 Å². The molecule has 2 unspecified atom stereocenters. The maximum Gasteiger partial charge on any atom is 0.326 e. The predicted octanol–water partition coefficient (Wildman–Crippen LogP) is -0.377. The highest BCUT2D eigenvalue weighted by molar-refractivity contribution is 5.97. The van der Waals surface area contributed by atoms with Crippen molar-refractivity contribution < 1.29 is 29.4 Å². The highest BCUT2D eigenvalue weighted by atomic mass is 16.4. The molecule has 0 fully saturated rings. The number of nitrogens with zero attached hydrogens (tertiary/aromatic N) is 1. The summed E-state index contributed by atoms with van der Waals surface area (Å²) in [6.45, 7) is 0.205. The van der Waals surface area contributed by atoms with Crippen molar-refractivity contribution in [2.75, 3.05) is 22.9 Å². The second-order valence-electron chi connectivity index (χ2n) is 7.42. The molecule has 174 valence electrons. The lowest BCUT2D eigenvalue weighted by Crippen LogP contribution is -2.41. The smallest absolute Gasteiger partial charge is 0.326 e. The number of H-pyrrole nitrogens is 1. The molecule has 1 aliphatic rings. The van der Waals surface area contributed by atoms with Crippen LogP contribution >= 0.6 is 0 Å². The highest BCUT2D eigenvalue weighted by Gasteiger charge is 2.29. The van der Waals surface area contributed by atoms with E-state index in [-0.39, 0.29) is 42.6 Å². The van der Waals surface area contributed by atoms with E-state index in [9.17, 15) is 24.0 Å². The summed E-state index contributed by atoms with van der Waals surface area (Å²) in [5.74, 6) is -3.94. The number of fused-ring (bicyclic) bond motifs is 1. The topological polar surface area (TPSA) is 217 Å². The number of hydrogen-bond acceptors (Lipinski definition) is 8. The van der Waals surface area contributed by atoms with Gasteiger partial charge in [0, 0.05) is 24.2 Å². The molecule has 0 saturated carbocycles. The van der Waals surface area contributed by atoms with E-state index in [0.717, 1.165) is 0 Å². The number of carboxylic acid groups (broad SMARTS) is 2. The second-order valence-corrected chi connectivity index (χ2v) is 7.42. The fraction of sp³-hybridized carbons (Fsp3) is 0.300. The molecule has 1 aliphatic heterocycles. The Morgan fingerprint density at radius 2 is 1.88 bits per heavy atom. The monoisotopic (exact) mass is 458 g/mol. The molecule has 2 atom stereocenters. The van der Waals surface area contributed by atoms with E-state index < -0.39 is 41.8 Å². The van der Waals surface area contributed by atoms with Crippen molar-refractivity contribution in [1.29, 1.82) is 0 Å². The van der Waals surface area contributed by atoms with Crippen LogP contribution in [-0.2, 0) is 20.8 Å². The van der Waals surface area contributed by atoms with Gasteiger partial charge in [0.1, 0.15) is 11.9 Å². The fourth-order valence-corrected chi connectivity index (χ4v) is 3.28. The summed E-state index contributed by atoms with van der Waals surface area (Å²) in [6.07, 6.45) is -0.466. The third-order valence-electron chi connectivity index (χ3n) is 5.05. The number of nitrogens with one attached hydrogen (secondary N) is 4. The second kappa shape index (κ2) is 9.80. The lowest BCUT2D eigenvalue weighted by atomic mass is 9.95. The molecule has 2 aromatic rings. The maximum absolute atomic E-state index is 12.3. The number of carbonyl (C=O) groups is 4. The molecule has 0 saturated heterocycles. The first-order valence-electron chi connectivity index (χ1n) is 9.93. The molecular formula is C20H22N6O7. The Bertz CT molecular complexity index is 1140. The zero-order valence-electron chi connectivity index (χ0n) is 17.3. The van der Waals surface area contributed by atoms with Gasteiger partial charge in [0.25, 0.3) is 11.5 Å². The van der Waals surface area contributed by atoms with E-state index in [4.69, 9.17) is 15.9 Å². The van der Waals surface area contributed by atoms with Crippen LogP contribution in [-0.4, -0.2) is 56.5 Å². The average molecular weight is 458 g/mol. The lowest BCUT2D eigenvalue weighted by molar-refractivity contribution is -0.140. The van der Waals surface area contributed by atoms with Crippen molar-refractivity contribution in [1.82, 2.24) is 15.3 Å². The number of carbonyl (C=O) groups excluding carboxylic acids is 2. The van der Waals surface area contributed by atoms with Gasteiger partial charge < -0.3 is 31.9 Å². The predicted molar refractivity (Wildman–Crippen MR) is 116 cm³/mol. The number of nitrogens with two attached hydrogens (primary N) is 1. The molecule has 1 aromatic carbocycles. The summed E-state index contributed by atoms with van der Waals surface area (Å²) in [6, 6.07) is 4.74. The lowest BCUT2D eigenvalue weighted by Gasteiger charge is -2.23. The molecular weight excluding hydrogens is 436 g/mol. The minimum atomic E-state index is -1.33. The van der Waals surface area contributed by atoms with Gasteiger partial charge in [0.15, 0.2) is 0 Å². The SMILES string of the molecule is Nc1nc2c(c(=O)[nH]1)CC(CNc1ccc(C(=O)NC(CCC(=O)O)C(=O)O)cc1)C(=O)N2. The Hall–Kier alpha value is -4.42. The van der Waals surface area contributed by atoms with E-state index in [0.29, 0.717) is 11.3 Å². The summed E-state index contributed by atoms with van der Waals surface area (Å²) in [7, 11) is 0. The van der Waals surface area contributed by atoms with Crippen LogP contribution in [0.2, 0.25) is 0 Å². The maximum atomic E-state index is 12.3. The van der Waals surface area contributed by atoms with E-state index in [1.54, 1.807) is 12.1 Å². The molecule has 0 bridgehead atoms. The minimum Gasteiger partial charge on any atom is -0.481 e. The Morgan fingerprint density at radius 1 is 1.18 bits per heavy atom. The number of hydrogen-bond donors (Lipinski definition) is 7. The summed E-state index contributed by atoms with van der Waals surface area (Å²) in [5.41, 5.74) is 6.18. The van der Waals surface area contributed by atoms with Gasteiger partial charge in [-0.1, -0.05) is 0 Å². The summed E-state index contributed by atoms with van der Waals surface area (Å²) in [4.78, 5) is 64.9. The first-order valence-corrected chi connectivity index (χ1v) is 9.93. The van der Waals surface area contributed by atoms with Gasteiger partial charge in [-0.25, -0.2) is 4.79 Å². The van der Waals surface area contributed by atoms with Gasteiger partial charge in [-0.15, -0.1) is 0 Å². The average Bonchev–Trinajstić information content (AvgIpc) is 2.75. The van der Waals surface area contributed by atoms with Crippen LogP contribution in [0.25, 0.3) is 0 Å². The molecule has 2 amide bonds. The van der Waals surface area contributed by atoms with Crippen molar-refractivity contribution in [3.8, 4) is 0 Å². The van der Waals surface area contributed by atoms with Crippen molar-refractivity contribution in [3.05, 3.63) is 45.7 Å². The molecule has 0 radical (unpaired) electrons. The van der Waals surface area contributed by atoms with Crippen LogP contribution in [0, 0.1) is 5.92 Å². The zero-order valence-corrected chi connectivity index (χ0v) is 17.3. The number of rotatable bonds is 9. The molecule has 33 heavy (non-hydrogen) atoms. The number of aromatic nitrogens is 2. The van der Waals surface area contributed by atoms with E-state index in [1.165, 1.54) is 12.1 Å². The first-order chi connectivity index (χ1) is 15.6. The molecule has 8 N–H and O–H groups in total. The summed E-state index contributed by atoms with van der Waals surface area (Å²) >= 11 is 0. The molecule has 1 aromatic heterocycles. The molecule has 13 heteroatoms. The largest absolute Gasteiger partial charge is 0.481 e. The number of anilines is 3. The number of aliphatic carboxylic acids is 2. The van der Waals surface area contributed by atoms with E-state index in [1.807, 2.05) is 0 Å². The van der Waals surface area contributed by atoms with Gasteiger partial charge in [0.2, 0.25) is 11.9 Å². The van der Waals surface area contributed by atoms with Crippen LogP contribution in [0.3, 0.4) is 0 Å². The van der Waals surface area contributed by atoms with Gasteiger partial charge in [0.05, 0.1) is 11.5 Å². The van der Waals surface area contributed by atoms with Crippen LogP contribution in [0.15, 0.2) is 29.1 Å². The van der Waals surface area contributed by atoms with Crippen molar-refractivity contribution in [3.63, 3.8) is 0 Å². The third kappa shape index (κ3) is 5.84. The molecule has 0 spiro atoms. The van der Waals surface area contributed by atoms with Gasteiger partial charge in [-0.2, -0.15) is 4.98 Å². The first kappa shape index (κ1) is 23.2.